The SMILES string of the molecule is Cc1c(N2CCC[C@@H](F)C2)nc2ccc(Br)cc2c1C(=O)NC[C@@H](CCC(=O)O)c1ccccc1OC(F)(F)F. The number of aromatic nitrogens is 1. The lowest BCUT2D eigenvalue weighted by Gasteiger charge is -2.32. The molecule has 1 fully saturated rings. The number of para-hydroxylation sites is 1. The number of fused-ring (bicyclic) bond motifs is 1. The topological polar surface area (TPSA) is 91.8 Å². The van der Waals surface area contributed by atoms with E-state index in [2.05, 4.69) is 26.0 Å². The second-order valence-electron chi connectivity index (χ2n) is 9.71. The zero-order chi connectivity index (χ0) is 29.0. The Bertz CT molecular complexity index is 1400. The fraction of sp³-hybridized carbons (Fsp3) is 0.393. The van der Waals surface area contributed by atoms with E-state index < -0.39 is 36.1 Å². The molecule has 2 heterocycles. The molecule has 1 aromatic heterocycles. The van der Waals surface area contributed by atoms with Crippen molar-refractivity contribution in [3.8, 4) is 5.75 Å². The molecule has 2 N–H and O–H groups in total. The van der Waals surface area contributed by atoms with Crippen LogP contribution in [0.4, 0.5) is 23.4 Å². The molecule has 1 aliphatic heterocycles. The van der Waals surface area contributed by atoms with Crippen LogP contribution in [0.1, 0.15) is 53.1 Å². The van der Waals surface area contributed by atoms with Gasteiger partial charge in [-0.2, -0.15) is 0 Å². The molecule has 7 nitrogen and oxygen atoms in total. The van der Waals surface area contributed by atoms with E-state index >= 15 is 0 Å². The van der Waals surface area contributed by atoms with E-state index in [1.807, 2.05) is 4.90 Å². The number of alkyl halides is 4. The molecule has 214 valence electrons. The number of anilines is 1. The molecule has 40 heavy (non-hydrogen) atoms. The number of ether oxygens (including phenoxy) is 1. The van der Waals surface area contributed by atoms with Crippen molar-refractivity contribution in [3.05, 3.63) is 63.6 Å². The van der Waals surface area contributed by atoms with Crippen molar-refractivity contribution < 1.29 is 37.0 Å². The van der Waals surface area contributed by atoms with Crippen molar-refractivity contribution in [2.45, 2.75) is 51.1 Å². The third-order valence-corrected chi connectivity index (χ3v) is 7.35. The minimum Gasteiger partial charge on any atom is -0.481 e. The van der Waals surface area contributed by atoms with Crippen LogP contribution in [0.3, 0.4) is 0 Å². The Kier molecular flexibility index (Phi) is 9.17. The van der Waals surface area contributed by atoms with Crippen molar-refractivity contribution in [1.82, 2.24) is 10.3 Å². The van der Waals surface area contributed by atoms with Crippen LogP contribution in [0.5, 0.6) is 5.75 Å². The number of aliphatic carboxylic acids is 1. The van der Waals surface area contributed by atoms with Gasteiger partial charge in [0.1, 0.15) is 17.7 Å². The highest BCUT2D eigenvalue weighted by Gasteiger charge is 2.33. The standard InChI is InChI=1S/C28H28BrF4N3O4/c1-16-25(21-13-18(29)9-10-22(21)35-26(16)36-12-4-5-19(30)15-36)27(39)34-14-17(8-11-24(37)38)20-6-2-3-7-23(20)40-28(31,32)33/h2-3,6-7,9-10,13,17,19H,4-5,8,11-12,14-15H2,1H3,(H,34,39)(H,37,38)/t17-,19-/m1/s1. The Morgan fingerprint density at radius 3 is 2.70 bits per heavy atom. The number of carboxylic acid groups (broad SMARTS) is 1. The lowest BCUT2D eigenvalue weighted by Crippen LogP contribution is -2.38. The van der Waals surface area contributed by atoms with Gasteiger partial charge in [-0.3, -0.25) is 9.59 Å². The zero-order valence-corrected chi connectivity index (χ0v) is 23.2. The van der Waals surface area contributed by atoms with Gasteiger partial charge < -0.3 is 20.1 Å². The van der Waals surface area contributed by atoms with Gasteiger partial charge in [0, 0.05) is 40.9 Å². The lowest BCUT2D eigenvalue weighted by atomic mass is 9.92. The highest BCUT2D eigenvalue weighted by atomic mass is 79.9. The van der Waals surface area contributed by atoms with Gasteiger partial charge in [-0.15, -0.1) is 13.2 Å². The van der Waals surface area contributed by atoms with E-state index in [0.717, 1.165) is 6.07 Å². The minimum absolute atomic E-state index is 0.0353. The minimum atomic E-state index is -4.94. The summed E-state index contributed by atoms with van der Waals surface area (Å²) in [7, 11) is 0. The van der Waals surface area contributed by atoms with Crippen LogP contribution >= 0.6 is 15.9 Å². The smallest absolute Gasteiger partial charge is 0.481 e. The third kappa shape index (κ3) is 7.21. The summed E-state index contributed by atoms with van der Waals surface area (Å²) in [5, 5.41) is 12.6. The monoisotopic (exact) mass is 625 g/mol. The molecule has 4 rings (SSSR count). The maximum Gasteiger partial charge on any atom is 0.573 e. The maximum absolute atomic E-state index is 14.2. The van der Waals surface area contributed by atoms with Gasteiger partial charge in [-0.1, -0.05) is 34.1 Å². The fourth-order valence-corrected chi connectivity index (χ4v) is 5.40. The average molecular weight is 626 g/mol. The third-order valence-electron chi connectivity index (χ3n) is 6.86. The highest BCUT2D eigenvalue weighted by Crippen LogP contribution is 2.35. The highest BCUT2D eigenvalue weighted by molar-refractivity contribution is 9.10. The number of carbonyl (C=O) groups excluding carboxylic acids is 1. The van der Waals surface area contributed by atoms with Crippen LogP contribution in [-0.2, 0) is 4.79 Å². The number of carbonyl (C=O) groups is 2. The maximum atomic E-state index is 14.2. The summed E-state index contributed by atoms with van der Waals surface area (Å²) in [5.41, 5.74) is 1.50. The molecule has 0 unspecified atom stereocenters. The van der Waals surface area contributed by atoms with Crippen LogP contribution in [0.2, 0.25) is 0 Å². The first-order chi connectivity index (χ1) is 18.9. The van der Waals surface area contributed by atoms with Crippen LogP contribution < -0.4 is 15.0 Å². The van der Waals surface area contributed by atoms with Crippen LogP contribution in [0.25, 0.3) is 10.9 Å². The van der Waals surface area contributed by atoms with Crippen molar-refractivity contribution in [1.29, 1.82) is 0 Å². The Labute approximate surface area is 236 Å². The molecule has 2 aromatic carbocycles. The molecule has 0 bridgehead atoms. The first kappa shape index (κ1) is 29.6. The Hall–Kier alpha value is -3.41. The van der Waals surface area contributed by atoms with Gasteiger partial charge in [0.15, 0.2) is 0 Å². The molecular weight excluding hydrogens is 598 g/mol. The van der Waals surface area contributed by atoms with E-state index in [9.17, 15) is 32.3 Å². The Morgan fingerprint density at radius 1 is 1.25 bits per heavy atom. The summed E-state index contributed by atoms with van der Waals surface area (Å²) in [5.74, 6) is -2.38. The average Bonchev–Trinajstić information content (AvgIpc) is 2.88. The molecule has 0 spiro atoms. The van der Waals surface area contributed by atoms with E-state index in [1.165, 1.54) is 18.2 Å². The predicted molar refractivity (Wildman–Crippen MR) is 146 cm³/mol. The van der Waals surface area contributed by atoms with Gasteiger partial charge >= 0.3 is 12.3 Å². The molecule has 1 aliphatic rings. The van der Waals surface area contributed by atoms with Crippen LogP contribution in [-0.4, -0.2) is 54.1 Å². The van der Waals surface area contributed by atoms with Gasteiger partial charge in [-0.25, -0.2) is 9.37 Å². The summed E-state index contributed by atoms with van der Waals surface area (Å²) in [6, 6.07) is 10.8. The number of benzene rings is 2. The lowest BCUT2D eigenvalue weighted by molar-refractivity contribution is -0.275. The molecule has 0 radical (unpaired) electrons. The zero-order valence-electron chi connectivity index (χ0n) is 21.6. The number of halogens is 5. The number of nitrogens with one attached hydrogen (secondary N) is 1. The summed E-state index contributed by atoms with van der Waals surface area (Å²) < 4.78 is 58.3. The van der Waals surface area contributed by atoms with Crippen molar-refractivity contribution in [2.24, 2.45) is 0 Å². The second kappa shape index (κ2) is 12.4. The number of pyridine rings is 1. The Balaban J connectivity index is 1.68. The van der Waals surface area contributed by atoms with Crippen molar-refractivity contribution in [3.63, 3.8) is 0 Å². The predicted octanol–water partition coefficient (Wildman–Crippen LogP) is 6.52. The van der Waals surface area contributed by atoms with Gasteiger partial charge in [0.05, 0.1) is 17.6 Å². The first-order valence-electron chi connectivity index (χ1n) is 12.8. The molecular formula is C28H28BrF4N3O4. The first-order valence-corrected chi connectivity index (χ1v) is 13.6. The number of carboxylic acids is 1. The number of rotatable bonds is 9. The second-order valence-corrected chi connectivity index (χ2v) is 10.6. The summed E-state index contributed by atoms with van der Waals surface area (Å²) in [6.07, 6.45) is -5.21. The van der Waals surface area contributed by atoms with E-state index in [-0.39, 0.29) is 31.5 Å². The molecule has 12 heteroatoms. The van der Waals surface area contributed by atoms with Crippen molar-refractivity contribution >= 4 is 44.5 Å². The van der Waals surface area contributed by atoms with Gasteiger partial charge in [0.2, 0.25) is 0 Å². The quantitative estimate of drug-likeness (QED) is 0.263. The van der Waals surface area contributed by atoms with Gasteiger partial charge in [0.25, 0.3) is 5.91 Å². The van der Waals surface area contributed by atoms with E-state index in [1.54, 1.807) is 25.1 Å². The Morgan fingerprint density at radius 2 is 2.00 bits per heavy atom. The molecule has 2 atom stereocenters. The molecule has 0 aliphatic carbocycles. The molecule has 3 aromatic rings. The number of amides is 1. The number of nitrogens with zero attached hydrogens (tertiary/aromatic N) is 2. The number of piperidine rings is 1. The van der Waals surface area contributed by atoms with Gasteiger partial charge in [-0.05, 0) is 56.0 Å². The van der Waals surface area contributed by atoms with E-state index in [4.69, 9.17) is 4.98 Å². The fourth-order valence-electron chi connectivity index (χ4n) is 5.04. The number of hydrogen-bond acceptors (Lipinski definition) is 5. The van der Waals surface area contributed by atoms with E-state index in [0.29, 0.717) is 51.7 Å². The normalized spacial score (nSPS) is 16.6. The largest absolute Gasteiger partial charge is 0.573 e. The summed E-state index contributed by atoms with van der Waals surface area (Å²) in [6.45, 7) is 2.33. The summed E-state index contributed by atoms with van der Waals surface area (Å²) >= 11 is 3.42. The molecule has 1 saturated heterocycles. The number of hydrogen-bond donors (Lipinski definition) is 2. The van der Waals surface area contributed by atoms with Crippen LogP contribution in [0.15, 0.2) is 46.9 Å². The van der Waals surface area contributed by atoms with Crippen molar-refractivity contribution in [2.75, 3.05) is 24.5 Å². The molecule has 1 amide bonds. The van der Waals surface area contributed by atoms with Crippen LogP contribution in [0, 0.1) is 6.92 Å². The summed E-state index contributed by atoms with van der Waals surface area (Å²) in [4.78, 5) is 31.6. The molecule has 0 saturated carbocycles.